The molecule has 0 unspecified atom stereocenters. The summed E-state index contributed by atoms with van der Waals surface area (Å²) in [6, 6.07) is 7.51. The summed E-state index contributed by atoms with van der Waals surface area (Å²) >= 11 is 11.9. The fourth-order valence-corrected chi connectivity index (χ4v) is 2.46. The van der Waals surface area contributed by atoms with E-state index in [2.05, 4.69) is 10.1 Å². The molecule has 0 aliphatic carbocycles. The van der Waals surface area contributed by atoms with Crippen LogP contribution in [-0.2, 0) is 12.4 Å². The lowest BCUT2D eigenvalue weighted by Crippen LogP contribution is -2.03. The molecule has 4 nitrogen and oxygen atoms in total. The average molecular weight is 296 g/mol. The molecule has 0 atom stereocenters. The molecule has 2 aromatic heterocycles. The molecule has 0 bridgehead atoms. The fraction of sp³-hybridized carbons (Fsp3) is 0.231. The predicted molar refractivity (Wildman–Crippen MR) is 74.6 cm³/mol. The summed E-state index contributed by atoms with van der Waals surface area (Å²) in [5.41, 5.74) is 2.67. The van der Waals surface area contributed by atoms with Gasteiger partial charge in [-0.2, -0.15) is 0 Å². The molecule has 0 amide bonds. The summed E-state index contributed by atoms with van der Waals surface area (Å²) in [5, 5.41) is 4.66. The summed E-state index contributed by atoms with van der Waals surface area (Å²) < 4.78 is 7.10. The third kappa shape index (κ3) is 2.33. The van der Waals surface area contributed by atoms with Gasteiger partial charge in [-0.25, -0.2) is 4.98 Å². The summed E-state index contributed by atoms with van der Waals surface area (Å²) in [6.45, 7) is 2.45. The van der Waals surface area contributed by atoms with E-state index in [9.17, 15) is 0 Å². The minimum Gasteiger partial charge on any atom is -0.361 e. The van der Waals surface area contributed by atoms with E-state index in [1.807, 2.05) is 35.8 Å². The Kier molecular flexibility index (Phi) is 3.21. The van der Waals surface area contributed by atoms with Crippen LogP contribution in [0.15, 0.2) is 28.8 Å². The highest BCUT2D eigenvalue weighted by molar-refractivity contribution is 6.31. The van der Waals surface area contributed by atoms with Crippen LogP contribution in [0, 0.1) is 6.92 Å². The van der Waals surface area contributed by atoms with Crippen molar-refractivity contribution in [3.8, 4) is 0 Å². The van der Waals surface area contributed by atoms with Crippen LogP contribution in [-0.4, -0.2) is 14.7 Å². The monoisotopic (exact) mass is 295 g/mol. The molecule has 0 saturated carbocycles. The van der Waals surface area contributed by atoms with Crippen LogP contribution in [0.2, 0.25) is 5.02 Å². The lowest BCUT2D eigenvalue weighted by atomic mass is 10.3. The number of fused-ring (bicyclic) bond motifs is 1. The van der Waals surface area contributed by atoms with E-state index in [1.54, 1.807) is 0 Å². The van der Waals surface area contributed by atoms with Crippen molar-refractivity contribution in [3.05, 3.63) is 46.6 Å². The summed E-state index contributed by atoms with van der Waals surface area (Å²) in [7, 11) is 0. The van der Waals surface area contributed by atoms with Crippen LogP contribution < -0.4 is 0 Å². The zero-order valence-electron chi connectivity index (χ0n) is 10.2. The first kappa shape index (κ1) is 12.5. The van der Waals surface area contributed by atoms with Gasteiger partial charge in [0.15, 0.2) is 0 Å². The minimum absolute atomic E-state index is 0.336. The van der Waals surface area contributed by atoms with Crippen molar-refractivity contribution >= 4 is 34.2 Å². The van der Waals surface area contributed by atoms with Gasteiger partial charge < -0.3 is 9.09 Å². The van der Waals surface area contributed by atoms with Gasteiger partial charge in [-0.3, -0.25) is 0 Å². The van der Waals surface area contributed by atoms with Gasteiger partial charge in [0, 0.05) is 11.1 Å². The number of halogens is 2. The molecular weight excluding hydrogens is 285 g/mol. The van der Waals surface area contributed by atoms with Gasteiger partial charge in [-0.05, 0) is 25.1 Å². The maximum atomic E-state index is 5.98. The van der Waals surface area contributed by atoms with E-state index in [-0.39, 0.29) is 0 Å². The van der Waals surface area contributed by atoms with E-state index >= 15 is 0 Å². The van der Waals surface area contributed by atoms with Crippen molar-refractivity contribution in [1.29, 1.82) is 0 Å². The molecule has 6 heteroatoms. The Morgan fingerprint density at radius 2 is 2.16 bits per heavy atom. The zero-order chi connectivity index (χ0) is 13.4. The SMILES string of the molecule is Cc1cc(Cn2c(CCl)nc3cc(Cl)ccc32)no1. The summed E-state index contributed by atoms with van der Waals surface area (Å²) in [5.74, 6) is 1.91. The van der Waals surface area contributed by atoms with Gasteiger partial charge >= 0.3 is 0 Å². The lowest BCUT2D eigenvalue weighted by Gasteiger charge is -2.04. The first-order valence-electron chi connectivity index (χ1n) is 5.80. The van der Waals surface area contributed by atoms with Crippen LogP contribution in [0.1, 0.15) is 17.3 Å². The van der Waals surface area contributed by atoms with Crippen molar-refractivity contribution in [2.45, 2.75) is 19.3 Å². The minimum atomic E-state index is 0.336. The normalized spacial score (nSPS) is 11.3. The predicted octanol–water partition coefficient (Wildman–Crippen LogP) is 3.77. The second kappa shape index (κ2) is 4.87. The molecule has 0 fully saturated rings. The van der Waals surface area contributed by atoms with Gasteiger partial charge in [-0.1, -0.05) is 16.8 Å². The number of alkyl halides is 1. The molecule has 0 spiro atoms. The number of aromatic nitrogens is 3. The number of aryl methyl sites for hydroxylation is 1. The quantitative estimate of drug-likeness (QED) is 0.691. The summed E-state index contributed by atoms with van der Waals surface area (Å²) in [4.78, 5) is 4.48. The molecule has 0 aliphatic heterocycles. The van der Waals surface area contributed by atoms with Crippen molar-refractivity contribution in [2.24, 2.45) is 0 Å². The van der Waals surface area contributed by atoms with Gasteiger partial charge in [0.2, 0.25) is 0 Å². The molecule has 3 rings (SSSR count). The van der Waals surface area contributed by atoms with Crippen LogP contribution in [0.3, 0.4) is 0 Å². The second-order valence-corrected chi connectivity index (χ2v) is 5.01. The van der Waals surface area contributed by atoms with Crippen molar-refractivity contribution in [2.75, 3.05) is 0 Å². The molecular formula is C13H11Cl2N3O. The molecule has 0 N–H and O–H groups in total. The Hall–Kier alpha value is -1.52. The van der Waals surface area contributed by atoms with Gasteiger partial charge in [0.25, 0.3) is 0 Å². The molecule has 1 aromatic carbocycles. The largest absolute Gasteiger partial charge is 0.361 e. The second-order valence-electron chi connectivity index (χ2n) is 4.31. The van der Waals surface area contributed by atoms with Crippen molar-refractivity contribution in [3.63, 3.8) is 0 Å². The fourth-order valence-electron chi connectivity index (χ4n) is 2.09. The van der Waals surface area contributed by atoms with Gasteiger partial charge in [0.1, 0.15) is 17.3 Å². The molecule has 0 aliphatic rings. The molecule has 0 saturated heterocycles. The molecule has 2 heterocycles. The highest BCUT2D eigenvalue weighted by atomic mass is 35.5. The Morgan fingerprint density at radius 1 is 1.32 bits per heavy atom. The highest BCUT2D eigenvalue weighted by Crippen LogP contribution is 2.22. The Balaban J connectivity index is 2.10. The van der Waals surface area contributed by atoms with Gasteiger partial charge in [-0.15, -0.1) is 11.6 Å². The molecule has 19 heavy (non-hydrogen) atoms. The molecule has 0 radical (unpaired) electrons. The smallest absolute Gasteiger partial charge is 0.133 e. The average Bonchev–Trinajstić information content (AvgIpc) is 2.94. The lowest BCUT2D eigenvalue weighted by molar-refractivity contribution is 0.389. The topological polar surface area (TPSA) is 43.9 Å². The number of benzene rings is 1. The van der Waals surface area contributed by atoms with E-state index in [0.29, 0.717) is 17.4 Å². The molecule has 3 aromatic rings. The maximum Gasteiger partial charge on any atom is 0.133 e. The van der Waals surface area contributed by atoms with Crippen LogP contribution in [0.25, 0.3) is 11.0 Å². The standard InChI is InChI=1S/C13H11Cl2N3O/c1-8-4-10(17-19-8)7-18-12-3-2-9(15)5-11(12)16-13(18)6-14/h2-5H,6-7H2,1H3. The van der Waals surface area contributed by atoms with Crippen LogP contribution in [0.5, 0.6) is 0 Å². The number of hydrogen-bond acceptors (Lipinski definition) is 3. The Bertz CT molecular complexity index is 733. The van der Waals surface area contributed by atoms with E-state index in [4.69, 9.17) is 27.7 Å². The van der Waals surface area contributed by atoms with E-state index < -0.39 is 0 Å². The van der Waals surface area contributed by atoms with Gasteiger partial charge in [0.05, 0.1) is 23.5 Å². The maximum absolute atomic E-state index is 5.98. The number of hydrogen-bond donors (Lipinski definition) is 0. The van der Waals surface area contributed by atoms with E-state index in [0.717, 1.165) is 28.3 Å². The highest BCUT2D eigenvalue weighted by Gasteiger charge is 2.12. The third-order valence-corrected chi connectivity index (χ3v) is 3.38. The van der Waals surface area contributed by atoms with Crippen molar-refractivity contribution < 1.29 is 4.52 Å². The van der Waals surface area contributed by atoms with E-state index in [1.165, 1.54) is 0 Å². The van der Waals surface area contributed by atoms with Crippen molar-refractivity contribution in [1.82, 2.24) is 14.7 Å². The number of nitrogens with zero attached hydrogens (tertiary/aromatic N) is 3. The van der Waals surface area contributed by atoms with Crippen LogP contribution >= 0.6 is 23.2 Å². The number of imidazole rings is 1. The number of rotatable bonds is 3. The first-order valence-corrected chi connectivity index (χ1v) is 6.71. The Labute approximate surface area is 119 Å². The van der Waals surface area contributed by atoms with Crippen LogP contribution in [0.4, 0.5) is 0 Å². The third-order valence-electron chi connectivity index (χ3n) is 2.91. The first-order chi connectivity index (χ1) is 9.17. The zero-order valence-corrected chi connectivity index (χ0v) is 11.7. The molecule has 98 valence electrons. The Morgan fingerprint density at radius 3 is 2.84 bits per heavy atom. The summed E-state index contributed by atoms with van der Waals surface area (Å²) in [6.07, 6.45) is 0.